The van der Waals surface area contributed by atoms with Crippen LogP contribution in [0, 0.1) is 0 Å². The molecule has 0 radical (unpaired) electrons. The Morgan fingerprint density at radius 1 is 1.00 bits per heavy atom. The molecule has 0 saturated carbocycles. The van der Waals surface area contributed by atoms with Crippen molar-refractivity contribution in [2.75, 3.05) is 0 Å². The van der Waals surface area contributed by atoms with Crippen LogP contribution in [0.1, 0.15) is 71.6 Å². The third-order valence-electron chi connectivity index (χ3n) is 2.96. The zero-order chi connectivity index (χ0) is 12.4. The standard InChI is InChI=1S/C13H24BrClO/c1-3-5-7-9-11-13(14,12(15)16)10-8-6-4-2/h3-11H2,1-2H3. The maximum Gasteiger partial charge on any atom is 0.238 e. The Kier molecular flexibility index (Phi) is 9.73. The lowest BCUT2D eigenvalue weighted by Gasteiger charge is -2.23. The quantitative estimate of drug-likeness (QED) is 0.298. The Balaban J connectivity index is 3.96. The van der Waals surface area contributed by atoms with Crippen LogP contribution < -0.4 is 0 Å². The van der Waals surface area contributed by atoms with Crippen LogP contribution in [-0.4, -0.2) is 9.57 Å². The Morgan fingerprint density at radius 3 is 1.88 bits per heavy atom. The average molecular weight is 312 g/mol. The zero-order valence-electron chi connectivity index (χ0n) is 10.5. The molecule has 0 aromatic heterocycles. The molecule has 0 spiro atoms. The predicted octanol–water partition coefficient (Wildman–Crippen LogP) is 5.44. The normalized spacial score (nSPS) is 14.8. The highest BCUT2D eigenvalue weighted by atomic mass is 79.9. The van der Waals surface area contributed by atoms with Gasteiger partial charge in [-0.3, -0.25) is 4.79 Å². The minimum absolute atomic E-state index is 0.222. The van der Waals surface area contributed by atoms with Gasteiger partial charge in [0.1, 0.15) is 0 Å². The van der Waals surface area contributed by atoms with Crippen molar-refractivity contribution in [3.63, 3.8) is 0 Å². The van der Waals surface area contributed by atoms with Crippen LogP contribution >= 0.6 is 27.5 Å². The number of carbonyl (C=O) groups excluding carboxylic acids is 1. The molecular formula is C13H24BrClO. The van der Waals surface area contributed by atoms with Crippen molar-refractivity contribution < 1.29 is 4.79 Å². The molecule has 1 nitrogen and oxygen atoms in total. The van der Waals surface area contributed by atoms with Crippen molar-refractivity contribution in [3.05, 3.63) is 0 Å². The van der Waals surface area contributed by atoms with E-state index in [2.05, 4.69) is 29.8 Å². The molecule has 1 atom stereocenters. The molecule has 3 heteroatoms. The second-order valence-corrected chi connectivity index (χ2v) is 6.37. The summed E-state index contributed by atoms with van der Waals surface area (Å²) in [5.74, 6) is 0. The first-order valence-corrected chi connectivity index (χ1v) is 7.62. The molecule has 0 fully saturated rings. The summed E-state index contributed by atoms with van der Waals surface area (Å²) in [4.78, 5) is 11.4. The van der Waals surface area contributed by atoms with Gasteiger partial charge in [-0.25, -0.2) is 0 Å². The SMILES string of the molecule is CCCCCCC(Br)(CCCCC)C(=O)Cl. The number of hydrogen-bond acceptors (Lipinski definition) is 1. The van der Waals surface area contributed by atoms with Gasteiger partial charge in [-0.2, -0.15) is 0 Å². The molecule has 0 aliphatic rings. The fourth-order valence-corrected chi connectivity index (χ4v) is 2.56. The zero-order valence-corrected chi connectivity index (χ0v) is 12.9. The molecule has 0 aromatic rings. The molecule has 0 saturated heterocycles. The lowest BCUT2D eigenvalue weighted by Crippen LogP contribution is -2.28. The van der Waals surface area contributed by atoms with E-state index in [0.29, 0.717) is 0 Å². The van der Waals surface area contributed by atoms with Crippen molar-refractivity contribution in [2.45, 2.75) is 76.0 Å². The van der Waals surface area contributed by atoms with Crippen molar-refractivity contribution >= 4 is 32.8 Å². The Labute approximate surface area is 113 Å². The van der Waals surface area contributed by atoms with E-state index >= 15 is 0 Å². The predicted molar refractivity (Wildman–Crippen MR) is 75.4 cm³/mol. The van der Waals surface area contributed by atoms with Gasteiger partial charge in [-0.1, -0.05) is 74.7 Å². The number of unbranched alkanes of at least 4 members (excludes halogenated alkanes) is 5. The lowest BCUT2D eigenvalue weighted by molar-refractivity contribution is -0.114. The molecule has 96 valence electrons. The van der Waals surface area contributed by atoms with Crippen LogP contribution in [0.3, 0.4) is 0 Å². The molecule has 0 aromatic carbocycles. The topological polar surface area (TPSA) is 17.1 Å². The number of rotatable bonds is 10. The smallest absolute Gasteiger partial charge is 0.238 e. The van der Waals surface area contributed by atoms with Crippen LogP contribution in [-0.2, 0) is 4.79 Å². The van der Waals surface area contributed by atoms with Crippen LogP contribution in [0.15, 0.2) is 0 Å². The highest BCUT2D eigenvalue weighted by Crippen LogP contribution is 2.33. The number of hydrogen-bond donors (Lipinski definition) is 0. The fourth-order valence-electron chi connectivity index (χ4n) is 1.81. The van der Waals surface area contributed by atoms with E-state index in [-0.39, 0.29) is 5.24 Å². The van der Waals surface area contributed by atoms with Crippen molar-refractivity contribution in [1.29, 1.82) is 0 Å². The first kappa shape index (κ1) is 16.4. The van der Waals surface area contributed by atoms with Gasteiger partial charge in [0.05, 0.1) is 4.32 Å². The molecule has 0 heterocycles. The minimum Gasteiger partial charge on any atom is -0.280 e. The van der Waals surface area contributed by atoms with E-state index in [1.54, 1.807) is 0 Å². The summed E-state index contributed by atoms with van der Waals surface area (Å²) in [5, 5.41) is -0.222. The second-order valence-electron chi connectivity index (χ2n) is 4.51. The summed E-state index contributed by atoms with van der Waals surface area (Å²) in [6.45, 7) is 4.36. The molecule has 1 unspecified atom stereocenters. The van der Waals surface area contributed by atoms with Crippen LogP contribution in [0.5, 0.6) is 0 Å². The molecule has 0 aliphatic heterocycles. The molecule has 0 amide bonds. The molecule has 0 bridgehead atoms. The van der Waals surface area contributed by atoms with Crippen LogP contribution in [0.25, 0.3) is 0 Å². The van der Waals surface area contributed by atoms with Gasteiger partial charge in [0, 0.05) is 0 Å². The molecule has 0 rings (SSSR count). The van der Waals surface area contributed by atoms with Gasteiger partial charge < -0.3 is 0 Å². The molecular weight excluding hydrogens is 287 g/mol. The number of halogens is 2. The maximum atomic E-state index is 11.4. The summed E-state index contributed by atoms with van der Waals surface area (Å²) in [5.41, 5.74) is 0. The Morgan fingerprint density at radius 2 is 1.44 bits per heavy atom. The Hall–Kier alpha value is 0.440. The van der Waals surface area contributed by atoms with Crippen LogP contribution in [0.4, 0.5) is 0 Å². The molecule has 0 aliphatic carbocycles. The van der Waals surface area contributed by atoms with E-state index in [4.69, 9.17) is 11.6 Å². The van der Waals surface area contributed by atoms with Crippen molar-refractivity contribution in [1.82, 2.24) is 0 Å². The van der Waals surface area contributed by atoms with E-state index in [0.717, 1.165) is 25.7 Å². The number of carbonyl (C=O) groups is 1. The van der Waals surface area contributed by atoms with E-state index < -0.39 is 4.32 Å². The largest absolute Gasteiger partial charge is 0.280 e. The van der Waals surface area contributed by atoms with Gasteiger partial charge in [-0.15, -0.1) is 0 Å². The summed E-state index contributed by atoms with van der Waals surface area (Å²) in [6, 6.07) is 0. The highest BCUT2D eigenvalue weighted by molar-refractivity contribution is 9.10. The minimum atomic E-state index is -0.461. The maximum absolute atomic E-state index is 11.4. The van der Waals surface area contributed by atoms with Gasteiger partial charge in [0.2, 0.25) is 5.24 Å². The average Bonchev–Trinajstić information content (AvgIpc) is 2.25. The third kappa shape index (κ3) is 6.90. The first-order valence-electron chi connectivity index (χ1n) is 6.45. The summed E-state index contributed by atoms with van der Waals surface area (Å²) in [6.07, 6.45) is 9.92. The third-order valence-corrected chi connectivity index (χ3v) is 4.70. The monoisotopic (exact) mass is 310 g/mol. The molecule has 16 heavy (non-hydrogen) atoms. The molecule has 0 N–H and O–H groups in total. The van der Waals surface area contributed by atoms with Gasteiger partial charge in [0.25, 0.3) is 0 Å². The number of alkyl halides is 1. The van der Waals surface area contributed by atoms with E-state index in [9.17, 15) is 4.79 Å². The summed E-state index contributed by atoms with van der Waals surface area (Å²) in [7, 11) is 0. The van der Waals surface area contributed by atoms with Gasteiger partial charge >= 0.3 is 0 Å². The van der Waals surface area contributed by atoms with Gasteiger partial charge in [-0.05, 0) is 24.4 Å². The highest BCUT2D eigenvalue weighted by Gasteiger charge is 2.32. The lowest BCUT2D eigenvalue weighted by atomic mass is 9.95. The summed E-state index contributed by atoms with van der Waals surface area (Å²) < 4.78 is -0.461. The Bertz CT molecular complexity index is 196. The van der Waals surface area contributed by atoms with Crippen molar-refractivity contribution in [2.24, 2.45) is 0 Å². The fraction of sp³-hybridized carbons (Fsp3) is 0.923. The summed E-state index contributed by atoms with van der Waals surface area (Å²) >= 11 is 9.24. The second kappa shape index (κ2) is 9.47. The van der Waals surface area contributed by atoms with Gasteiger partial charge in [0.15, 0.2) is 0 Å². The van der Waals surface area contributed by atoms with E-state index in [1.165, 1.54) is 32.1 Å². The van der Waals surface area contributed by atoms with E-state index in [1.807, 2.05) is 0 Å². The van der Waals surface area contributed by atoms with Crippen molar-refractivity contribution in [3.8, 4) is 0 Å². The van der Waals surface area contributed by atoms with Crippen LogP contribution in [0.2, 0.25) is 0 Å². The first-order chi connectivity index (χ1) is 7.56.